The van der Waals surface area contributed by atoms with Gasteiger partial charge < -0.3 is 30.3 Å². The van der Waals surface area contributed by atoms with E-state index in [1.807, 2.05) is 51.3 Å². The van der Waals surface area contributed by atoms with E-state index in [1.54, 1.807) is 0 Å². The summed E-state index contributed by atoms with van der Waals surface area (Å²) in [7, 11) is 0. The van der Waals surface area contributed by atoms with Crippen LogP contribution in [0.15, 0.2) is 6.07 Å². The smallest absolute Gasteiger partial charge is 0.410 e. The molecular formula is C30H51ClN6O4. The lowest BCUT2D eigenvalue weighted by molar-refractivity contribution is 0.00914. The molecule has 1 heterocycles. The summed E-state index contributed by atoms with van der Waals surface area (Å²) in [6.07, 6.45) is 9.34. The van der Waals surface area contributed by atoms with Crippen LogP contribution in [-0.2, 0) is 9.47 Å². The third kappa shape index (κ3) is 11.7. The molecule has 0 radical (unpaired) electrons. The highest BCUT2D eigenvalue weighted by molar-refractivity contribution is 6.29. The molecular weight excluding hydrogens is 544 g/mol. The second-order valence-corrected chi connectivity index (χ2v) is 13.9. The molecule has 1 aromatic heterocycles. The number of nitrogens with one attached hydrogen (secondary N) is 1. The number of hydrogen-bond donors (Lipinski definition) is 2. The number of ether oxygens (including phenoxy) is 2. The zero-order chi connectivity index (χ0) is 30.2. The van der Waals surface area contributed by atoms with Crippen LogP contribution < -0.4 is 11.1 Å². The number of amides is 2. The second kappa shape index (κ2) is 14.6. The van der Waals surface area contributed by atoms with Crippen molar-refractivity contribution in [2.24, 2.45) is 5.92 Å². The molecule has 0 aromatic carbocycles. The lowest BCUT2D eigenvalue weighted by Crippen LogP contribution is -2.46. The summed E-state index contributed by atoms with van der Waals surface area (Å²) in [5.41, 5.74) is 4.67. The Morgan fingerprint density at radius 2 is 1.54 bits per heavy atom. The lowest BCUT2D eigenvalue weighted by atomic mass is 9.85. The number of nitrogen functional groups attached to an aromatic ring is 1. The molecule has 0 bridgehead atoms. The molecule has 0 unspecified atom stereocenters. The molecule has 1 aromatic rings. The average molecular weight is 595 g/mol. The van der Waals surface area contributed by atoms with Gasteiger partial charge in [-0.1, -0.05) is 30.9 Å². The van der Waals surface area contributed by atoms with E-state index in [9.17, 15) is 9.59 Å². The fourth-order valence-electron chi connectivity index (χ4n) is 5.63. The molecule has 2 saturated carbocycles. The van der Waals surface area contributed by atoms with Crippen molar-refractivity contribution in [2.75, 3.05) is 30.7 Å². The zero-order valence-corrected chi connectivity index (χ0v) is 26.6. The summed E-state index contributed by atoms with van der Waals surface area (Å²) < 4.78 is 11.5. The minimum absolute atomic E-state index is 0.190. The van der Waals surface area contributed by atoms with Gasteiger partial charge in [-0.2, -0.15) is 4.98 Å². The van der Waals surface area contributed by atoms with Gasteiger partial charge >= 0.3 is 12.2 Å². The normalized spacial score (nSPS) is 20.3. The molecule has 2 aliphatic carbocycles. The molecule has 0 aliphatic heterocycles. The van der Waals surface area contributed by atoms with E-state index in [1.165, 1.54) is 12.5 Å². The quantitative estimate of drug-likeness (QED) is 0.297. The summed E-state index contributed by atoms with van der Waals surface area (Å²) in [6.45, 7) is 13.1. The van der Waals surface area contributed by atoms with E-state index in [0.29, 0.717) is 48.9 Å². The third-order valence-electron chi connectivity index (χ3n) is 7.50. The maximum atomic E-state index is 13.2. The second-order valence-electron chi connectivity index (χ2n) is 13.5. The van der Waals surface area contributed by atoms with Crippen molar-refractivity contribution in [3.8, 4) is 0 Å². The Hall–Kier alpha value is -2.49. The van der Waals surface area contributed by atoms with Gasteiger partial charge in [0.1, 0.15) is 22.2 Å². The van der Waals surface area contributed by atoms with Gasteiger partial charge in [-0.15, -0.1) is 0 Å². The first kappa shape index (κ1) is 33.0. The largest absolute Gasteiger partial charge is 0.444 e. The Bertz CT molecular complexity index is 977. The van der Waals surface area contributed by atoms with Gasteiger partial charge in [0.05, 0.1) is 0 Å². The minimum atomic E-state index is -0.583. The molecule has 3 N–H and O–H groups in total. The zero-order valence-electron chi connectivity index (χ0n) is 25.9. The highest BCUT2D eigenvalue weighted by Gasteiger charge is 2.31. The molecule has 2 aliphatic rings. The third-order valence-corrected chi connectivity index (χ3v) is 7.69. The first-order valence-electron chi connectivity index (χ1n) is 15.2. The SMILES string of the molecule is CC(C)(C)OC(=O)N(CCCN(C(=O)OC(C)(C)C)C1CCCCC1)CC1CCC(Nc2nc(N)cc(Cl)n2)CC1. The van der Waals surface area contributed by atoms with Crippen molar-refractivity contribution in [3.63, 3.8) is 0 Å². The Labute approximate surface area is 251 Å². The Morgan fingerprint density at radius 3 is 2.12 bits per heavy atom. The van der Waals surface area contributed by atoms with E-state index in [2.05, 4.69) is 15.3 Å². The Kier molecular flexibility index (Phi) is 11.8. The van der Waals surface area contributed by atoms with Crippen LogP contribution in [-0.4, -0.2) is 74.9 Å². The maximum absolute atomic E-state index is 13.2. The first-order chi connectivity index (χ1) is 19.2. The summed E-state index contributed by atoms with van der Waals surface area (Å²) in [6, 6.07) is 1.93. The number of rotatable bonds is 9. The minimum Gasteiger partial charge on any atom is -0.444 e. The molecule has 0 atom stereocenters. The van der Waals surface area contributed by atoms with Crippen molar-refractivity contribution in [3.05, 3.63) is 11.2 Å². The van der Waals surface area contributed by atoms with E-state index in [-0.39, 0.29) is 24.3 Å². The summed E-state index contributed by atoms with van der Waals surface area (Å²) in [5.74, 6) is 1.13. The molecule has 0 saturated heterocycles. The number of nitrogens with zero attached hydrogens (tertiary/aromatic N) is 4. The van der Waals surface area contributed by atoms with Gasteiger partial charge in [0.25, 0.3) is 0 Å². The van der Waals surface area contributed by atoms with Crippen molar-refractivity contribution in [1.82, 2.24) is 19.8 Å². The van der Waals surface area contributed by atoms with E-state index < -0.39 is 11.2 Å². The van der Waals surface area contributed by atoms with Crippen LogP contribution in [0, 0.1) is 5.92 Å². The number of hydrogen-bond acceptors (Lipinski definition) is 8. The molecule has 232 valence electrons. The number of aromatic nitrogens is 2. The van der Waals surface area contributed by atoms with Crippen LogP contribution in [0.5, 0.6) is 0 Å². The Balaban J connectivity index is 1.59. The molecule has 0 spiro atoms. The average Bonchev–Trinajstić information content (AvgIpc) is 2.84. The van der Waals surface area contributed by atoms with Gasteiger partial charge in [0, 0.05) is 37.8 Å². The lowest BCUT2D eigenvalue weighted by Gasteiger charge is -2.37. The van der Waals surface area contributed by atoms with Gasteiger partial charge in [-0.3, -0.25) is 0 Å². The molecule has 2 amide bonds. The van der Waals surface area contributed by atoms with E-state index in [4.69, 9.17) is 26.8 Å². The summed E-state index contributed by atoms with van der Waals surface area (Å²) in [4.78, 5) is 38.6. The van der Waals surface area contributed by atoms with Gasteiger partial charge in [0.15, 0.2) is 0 Å². The van der Waals surface area contributed by atoms with Crippen LogP contribution in [0.2, 0.25) is 5.15 Å². The van der Waals surface area contributed by atoms with Crippen LogP contribution in [0.3, 0.4) is 0 Å². The van der Waals surface area contributed by atoms with E-state index >= 15 is 0 Å². The monoisotopic (exact) mass is 594 g/mol. The number of nitrogens with two attached hydrogens (primary N) is 1. The standard InChI is InChI=1S/C30H51ClN6O4/c1-29(2,3)40-27(38)36(17-10-18-37(23-11-8-7-9-12-23)28(39)41-30(4,5)6)20-21-13-15-22(16-14-21)33-26-34-24(31)19-25(32)35-26/h19,21-23H,7-18,20H2,1-6H3,(H3,32,33,34,35). The van der Waals surface area contributed by atoms with Crippen LogP contribution >= 0.6 is 11.6 Å². The van der Waals surface area contributed by atoms with Crippen molar-refractivity contribution in [1.29, 1.82) is 0 Å². The van der Waals surface area contributed by atoms with Crippen molar-refractivity contribution in [2.45, 2.75) is 129 Å². The number of halogens is 1. The number of anilines is 2. The topological polar surface area (TPSA) is 123 Å². The summed E-state index contributed by atoms with van der Waals surface area (Å²) in [5, 5.41) is 3.67. The Morgan fingerprint density at radius 1 is 0.927 bits per heavy atom. The van der Waals surface area contributed by atoms with Crippen LogP contribution in [0.1, 0.15) is 106 Å². The van der Waals surface area contributed by atoms with Gasteiger partial charge in [-0.25, -0.2) is 14.6 Å². The molecule has 3 rings (SSSR count). The van der Waals surface area contributed by atoms with Crippen LogP contribution in [0.25, 0.3) is 0 Å². The van der Waals surface area contributed by atoms with E-state index in [0.717, 1.165) is 51.4 Å². The fraction of sp³-hybridized carbons (Fsp3) is 0.800. The van der Waals surface area contributed by atoms with Gasteiger partial charge in [-0.05, 0) is 92.4 Å². The number of carbonyl (C=O) groups excluding carboxylic acids is 2. The predicted molar refractivity (Wildman–Crippen MR) is 163 cm³/mol. The first-order valence-corrected chi connectivity index (χ1v) is 15.6. The van der Waals surface area contributed by atoms with Crippen molar-refractivity contribution < 1.29 is 19.1 Å². The number of carbonyl (C=O) groups is 2. The molecule has 10 nitrogen and oxygen atoms in total. The highest BCUT2D eigenvalue weighted by atomic mass is 35.5. The predicted octanol–water partition coefficient (Wildman–Crippen LogP) is 6.88. The maximum Gasteiger partial charge on any atom is 0.410 e. The molecule has 2 fully saturated rings. The highest BCUT2D eigenvalue weighted by Crippen LogP contribution is 2.29. The summed E-state index contributed by atoms with van der Waals surface area (Å²) >= 11 is 6.03. The van der Waals surface area contributed by atoms with Crippen LogP contribution in [0.4, 0.5) is 21.4 Å². The molecule has 11 heteroatoms. The molecule has 41 heavy (non-hydrogen) atoms. The van der Waals surface area contributed by atoms with Crippen molar-refractivity contribution >= 4 is 35.6 Å². The fourth-order valence-corrected chi connectivity index (χ4v) is 5.83. The van der Waals surface area contributed by atoms with Gasteiger partial charge in [0.2, 0.25) is 5.95 Å².